The number of aliphatic hydroxyl groups is 1. The molecule has 0 saturated heterocycles. The van der Waals surface area contributed by atoms with E-state index in [4.69, 9.17) is 14.6 Å². The number of para-hydroxylation sites is 2. The van der Waals surface area contributed by atoms with Crippen molar-refractivity contribution in [3.8, 4) is 16.7 Å². The Kier molecular flexibility index (Phi) is 4.49. The van der Waals surface area contributed by atoms with Crippen LogP contribution < -0.4 is 9.47 Å². The summed E-state index contributed by atoms with van der Waals surface area (Å²) in [6, 6.07) is 7.41. The molecule has 0 atom stereocenters. The molecule has 0 spiro atoms. The van der Waals surface area contributed by atoms with Crippen LogP contribution in [0, 0.1) is 0 Å². The molecule has 0 amide bonds. The summed E-state index contributed by atoms with van der Waals surface area (Å²) in [5.41, 5.74) is 0. The number of aromatic nitrogens is 2. The number of hydrogen-bond acceptors (Lipinski definition) is 6. The molecule has 2 rings (SSSR count). The molecule has 1 heterocycles. The van der Waals surface area contributed by atoms with E-state index in [0.717, 1.165) is 6.42 Å². The minimum absolute atomic E-state index is 0.130. The molecule has 96 valence electrons. The number of nitrogens with zero attached hydrogens (tertiary/aromatic N) is 2. The Bertz CT molecular complexity index is 502. The van der Waals surface area contributed by atoms with Crippen molar-refractivity contribution < 1.29 is 14.6 Å². The first-order chi connectivity index (χ1) is 8.83. The van der Waals surface area contributed by atoms with Crippen molar-refractivity contribution in [1.82, 2.24) is 10.2 Å². The Morgan fingerprint density at radius 3 is 2.67 bits per heavy atom. The zero-order valence-electron chi connectivity index (χ0n) is 10.00. The monoisotopic (exact) mass is 266 g/mol. The molecule has 1 aromatic heterocycles. The van der Waals surface area contributed by atoms with Crippen molar-refractivity contribution in [3.05, 3.63) is 29.3 Å². The Morgan fingerprint density at radius 2 is 2.00 bits per heavy atom. The van der Waals surface area contributed by atoms with E-state index >= 15 is 0 Å². The number of ether oxygens (including phenoxy) is 2. The maximum Gasteiger partial charge on any atom is 0.299 e. The normalized spacial score (nSPS) is 10.3. The highest BCUT2D eigenvalue weighted by Gasteiger charge is 2.09. The lowest BCUT2D eigenvalue weighted by Gasteiger charge is -2.09. The van der Waals surface area contributed by atoms with Crippen LogP contribution in [-0.2, 0) is 6.61 Å². The van der Waals surface area contributed by atoms with Gasteiger partial charge in [-0.1, -0.05) is 35.5 Å². The second kappa shape index (κ2) is 6.32. The Hall–Kier alpha value is -1.66. The lowest BCUT2D eigenvalue weighted by molar-refractivity contribution is 0.280. The average Bonchev–Trinajstić information content (AvgIpc) is 2.85. The molecule has 0 aliphatic heterocycles. The summed E-state index contributed by atoms with van der Waals surface area (Å²) in [6.07, 6.45) is 0.932. The lowest BCUT2D eigenvalue weighted by Crippen LogP contribution is -1.97. The highest BCUT2D eigenvalue weighted by molar-refractivity contribution is 7.13. The molecule has 1 aromatic carbocycles. The molecular formula is C12H14N2O3S. The van der Waals surface area contributed by atoms with E-state index in [2.05, 4.69) is 10.2 Å². The van der Waals surface area contributed by atoms with Crippen LogP contribution in [0.15, 0.2) is 24.3 Å². The van der Waals surface area contributed by atoms with Crippen molar-refractivity contribution in [1.29, 1.82) is 0 Å². The molecule has 6 heteroatoms. The highest BCUT2D eigenvalue weighted by atomic mass is 32.1. The van der Waals surface area contributed by atoms with Gasteiger partial charge < -0.3 is 14.6 Å². The van der Waals surface area contributed by atoms with E-state index in [1.807, 2.05) is 31.2 Å². The predicted molar refractivity (Wildman–Crippen MR) is 68.1 cm³/mol. The van der Waals surface area contributed by atoms with Gasteiger partial charge in [-0.05, 0) is 18.6 Å². The summed E-state index contributed by atoms with van der Waals surface area (Å²) in [7, 11) is 0. The van der Waals surface area contributed by atoms with Gasteiger partial charge in [0, 0.05) is 0 Å². The minimum Gasteiger partial charge on any atom is -0.490 e. The van der Waals surface area contributed by atoms with Gasteiger partial charge in [-0.2, -0.15) is 0 Å². The Labute approximate surface area is 109 Å². The quantitative estimate of drug-likeness (QED) is 0.870. The van der Waals surface area contributed by atoms with E-state index in [1.54, 1.807) is 0 Å². The highest BCUT2D eigenvalue weighted by Crippen LogP contribution is 2.32. The summed E-state index contributed by atoms with van der Waals surface area (Å²) in [5.74, 6) is 1.28. The van der Waals surface area contributed by atoms with Crippen LogP contribution in [0.2, 0.25) is 0 Å². The maximum atomic E-state index is 8.92. The number of benzene rings is 1. The van der Waals surface area contributed by atoms with Gasteiger partial charge in [0.25, 0.3) is 5.19 Å². The van der Waals surface area contributed by atoms with Gasteiger partial charge in [0.05, 0.1) is 13.2 Å². The van der Waals surface area contributed by atoms with Crippen LogP contribution in [0.25, 0.3) is 0 Å². The van der Waals surface area contributed by atoms with E-state index in [1.165, 1.54) is 11.3 Å². The molecule has 0 fully saturated rings. The lowest BCUT2D eigenvalue weighted by atomic mass is 10.3. The van der Waals surface area contributed by atoms with Crippen LogP contribution in [-0.4, -0.2) is 21.9 Å². The van der Waals surface area contributed by atoms with Gasteiger partial charge in [0.2, 0.25) is 0 Å². The molecule has 2 aromatic rings. The molecule has 18 heavy (non-hydrogen) atoms. The predicted octanol–water partition coefficient (Wildman–Crippen LogP) is 2.61. The first-order valence-corrected chi connectivity index (χ1v) is 6.48. The topological polar surface area (TPSA) is 64.5 Å². The fourth-order valence-electron chi connectivity index (χ4n) is 1.30. The Balaban J connectivity index is 2.12. The van der Waals surface area contributed by atoms with Crippen molar-refractivity contribution in [2.24, 2.45) is 0 Å². The number of rotatable bonds is 6. The summed E-state index contributed by atoms with van der Waals surface area (Å²) >= 11 is 1.21. The molecule has 0 saturated carbocycles. The van der Waals surface area contributed by atoms with E-state index < -0.39 is 0 Å². The summed E-state index contributed by atoms with van der Waals surface area (Å²) < 4.78 is 11.2. The van der Waals surface area contributed by atoms with Gasteiger partial charge in [-0.15, -0.1) is 5.10 Å². The summed E-state index contributed by atoms with van der Waals surface area (Å²) in [5, 5.41) is 17.4. The standard InChI is InChI=1S/C12H14N2O3S/c1-2-7-16-9-5-3-4-6-10(9)17-12-14-13-11(8-15)18-12/h3-6,15H,2,7-8H2,1H3. The third kappa shape index (κ3) is 3.18. The van der Waals surface area contributed by atoms with Crippen LogP contribution in [0.4, 0.5) is 0 Å². The van der Waals surface area contributed by atoms with Crippen LogP contribution in [0.1, 0.15) is 18.4 Å². The van der Waals surface area contributed by atoms with Gasteiger partial charge in [0.1, 0.15) is 5.01 Å². The van der Waals surface area contributed by atoms with E-state index in [-0.39, 0.29) is 6.61 Å². The van der Waals surface area contributed by atoms with Gasteiger partial charge in [-0.25, -0.2) is 0 Å². The van der Waals surface area contributed by atoms with Crippen molar-refractivity contribution in [2.75, 3.05) is 6.61 Å². The van der Waals surface area contributed by atoms with Crippen molar-refractivity contribution in [3.63, 3.8) is 0 Å². The largest absolute Gasteiger partial charge is 0.490 e. The second-order valence-corrected chi connectivity index (χ2v) is 4.54. The van der Waals surface area contributed by atoms with Gasteiger partial charge in [0.15, 0.2) is 11.5 Å². The zero-order valence-corrected chi connectivity index (χ0v) is 10.8. The van der Waals surface area contributed by atoms with Gasteiger partial charge in [-0.3, -0.25) is 0 Å². The zero-order chi connectivity index (χ0) is 12.8. The first-order valence-electron chi connectivity index (χ1n) is 5.66. The van der Waals surface area contributed by atoms with E-state index in [0.29, 0.717) is 28.3 Å². The number of hydrogen-bond donors (Lipinski definition) is 1. The average molecular weight is 266 g/mol. The third-order valence-electron chi connectivity index (χ3n) is 2.09. The molecule has 0 aliphatic carbocycles. The smallest absolute Gasteiger partial charge is 0.299 e. The molecule has 0 bridgehead atoms. The van der Waals surface area contributed by atoms with Gasteiger partial charge >= 0.3 is 0 Å². The summed E-state index contributed by atoms with van der Waals surface area (Å²) in [4.78, 5) is 0. The first kappa shape index (κ1) is 12.8. The van der Waals surface area contributed by atoms with E-state index in [9.17, 15) is 0 Å². The van der Waals surface area contributed by atoms with Crippen LogP contribution in [0.5, 0.6) is 16.7 Å². The third-order valence-corrected chi connectivity index (χ3v) is 2.88. The fourth-order valence-corrected chi connectivity index (χ4v) is 1.86. The maximum absolute atomic E-state index is 8.92. The Morgan fingerprint density at radius 1 is 1.22 bits per heavy atom. The second-order valence-electron chi connectivity index (χ2n) is 3.52. The molecule has 1 N–H and O–H groups in total. The van der Waals surface area contributed by atoms with Crippen LogP contribution in [0.3, 0.4) is 0 Å². The molecule has 5 nitrogen and oxygen atoms in total. The SMILES string of the molecule is CCCOc1ccccc1Oc1nnc(CO)s1. The molecular weight excluding hydrogens is 252 g/mol. The fraction of sp³-hybridized carbons (Fsp3) is 0.333. The minimum atomic E-state index is -0.130. The molecule has 0 unspecified atom stereocenters. The van der Waals surface area contributed by atoms with Crippen molar-refractivity contribution in [2.45, 2.75) is 20.0 Å². The molecule has 0 radical (unpaired) electrons. The molecule has 0 aliphatic rings. The summed E-state index contributed by atoms with van der Waals surface area (Å²) in [6.45, 7) is 2.55. The van der Waals surface area contributed by atoms with Crippen LogP contribution >= 0.6 is 11.3 Å². The van der Waals surface area contributed by atoms with Crippen molar-refractivity contribution >= 4 is 11.3 Å². The number of aliphatic hydroxyl groups excluding tert-OH is 1.